The predicted molar refractivity (Wildman–Crippen MR) is 144 cm³/mol. The minimum atomic E-state index is -0.679. The zero-order chi connectivity index (χ0) is 25.2. The summed E-state index contributed by atoms with van der Waals surface area (Å²) >= 11 is 12.6. The van der Waals surface area contributed by atoms with Gasteiger partial charge in [0, 0.05) is 35.5 Å². The molecule has 1 N–H and O–H groups in total. The predicted octanol–water partition coefficient (Wildman–Crippen LogP) is 6.48. The fourth-order valence-electron chi connectivity index (χ4n) is 3.87. The summed E-state index contributed by atoms with van der Waals surface area (Å²) in [5, 5.41) is 4.08. The molecule has 4 nitrogen and oxygen atoms in total. The summed E-state index contributed by atoms with van der Waals surface area (Å²) in [7, 11) is 0. The van der Waals surface area contributed by atoms with Gasteiger partial charge in [-0.05, 0) is 48.6 Å². The normalized spacial score (nSPS) is 12.6. The van der Waals surface area contributed by atoms with Gasteiger partial charge >= 0.3 is 0 Å². The van der Waals surface area contributed by atoms with Gasteiger partial charge < -0.3 is 10.2 Å². The Morgan fingerprint density at radius 3 is 2.14 bits per heavy atom. The quantitative estimate of drug-likeness (QED) is 0.320. The second-order valence-electron chi connectivity index (χ2n) is 8.77. The monoisotopic (exact) mass is 510 g/mol. The second-order valence-corrected chi connectivity index (χ2v) is 9.61. The summed E-state index contributed by atoms with van der Waals surface area (Å²) < 4.78 is 0. The van der Waals surface area contributed by atoms with Crippen molar-refractivity contribution >= 4 is 35.0 Å². The van der Waals surface area contributed by atoms with E-state index in [1.807, 2.05) is 80.6 Å². The van der Waals surface area contributed by atoms with Crippen LogP contribution in [0.5, 0.6) is 0 Å². The molecule has 0 fully saturated rings. The van der Waals surface area contributed by atoms with Crippen LogP contribution in [0, 0.1) is 0 Å². The molecular weight excluding hydrogens is 479 g/mol. The lowest BCUT2D eigenvalue weighted by atomic mass is 10.0. The first-order valence-corrected chi connectivity index (χ1v) is 12.7. The third-order valence-corrected chi connectivity index (χ3v) is 6.69. The molecule has 0 radical (unpaired) electrons. The van der Waals surface area contributed by atoms with E-state index in [0.29, 0.717) is 22.9 Å². The van der Waals surface area contributed by atoms with Crippen molar-refractivity contribution in [3.05, 3.63) is 106 Å². The standard InChI is InChI=1S/C29H32Cl2N2O2/c1-3-21(2)32-29(35)27(18-23-12-8-5-9-13-23)33(20-24-15-16-25(30)19-26(24)31)28(34)17-14-22-10-6-4-7-11-22/h4-13,15-16,19,21,27H,3,14,17-18,20H2,1-2H3,(H,32,35)/t21-,27+/m1/s1. The SMILES string of the molecule is CC[C@@H](C)NC(=O)[C@H](Cc1ccccc1)N(Cc1ccc(Cl)cc1Cl)C(=O)CCc1ccccc1. The second kappa shape index (κ2) is 13.3. The molecule has 0 heterocycles. The summed E-state index contributed by atoms with van der Waals surface area (Å²) in [5.41, 5.74) is 2.81. The van der Waals surface area contributed by atoms with Gasteiger partial charge in [-0.15, -0.1) is 0 Å². The summed E-state index contributed by atoms with van der Waals surface area (Å²) in [6, 6.07) is 24.2. The maximum absolute atomic E-state index is 13.7. The maximum atomic E-state index is 13.7. The Labute approximate surface area is 218 Å². The number of benzene rings is 3. The zero-order valence-corrected chi connectivity index (χ0v) is 21.7. The van der Waals surface area contributed by atoms with Crippen molar-refractivity contribution < 1.29 is 9.59 Å². The maximum Gasteiger partial charge on any atom is 0.243 e. The lowest BCUT2D eigenvalue weighted by Crippen LogP contribution is -2.52. The average Bonchev–Trinajstić information content (AvgIpc) is 2.87. The highest BCUT2D eigenvalue weighted by Crippen LogP contribution is 2.25. The molecule has 2 atom stereocenters. The molecule has 0 spiro atoms. The number of nitrogens with zero attached hydrogens (tertiary/aromatic N) is 1. The molecule has 0 unspecified atom stereocenters. The molecule has 184 valence electrons. The molecule has 0 aliphatic rings. The number of aryl methyl sites for hydroxylation is 1. The minimum Gasteiger partial charge on any atom is -0.352 e. The van der Waals surface area contributed by atoms with Gasteiger partial charge in [-0.3, -0.25) is 9.59 Å². The highest BCUT2D eigenvalue weighted by Gasteiger charge is 2.31. The highest BCUT2D eigenvalue weighted by molar-refractivity contribution is 6.35. The van der Waals surface area contributed by atoms with Gasteiger partial charge in [-0.2, -0.15) is 0 Å². The van der Waals surface area contributed by atoms with Crippen LogP contribution in [0.25, 0.3) is 0 Å². The highest BCUT2D eigenvalue weighted by atomic mass is 35.5. The number of amides is 2. The average molecular weight is 511 g/mol. The van der Waals surface area contributed by atoms with E-state index in [1.165, 1.54) is 0 Å². The Hall–Kier alpha value is -2.82. The lowest BCUT2D eigenvalue weighted by Gasteiger charge is -2.32. The molecule has 35 heavy (non-hydrogen) atoms. The Bertz CT molecular complexity index is 1110. The van der Waals surface area contributed by atoms with Crippen molar-refractivity contribution in [2.45, 2.75) is 58.2 Å². The topological polar surface area (TPSA) is 49.4 Å². The number of halogens is 2. The third kappa shape index (κ3) is 8.12. The van der Waals surface area contributed by atoms with E-state index in [1.54, 1.807) is 17.0 Å². The van der Waals surface area contributed by atoms with E-state index in [9.17, 15) is 9.59 Å². The molecule has 0 saturated carbocycles. The Kier molecular flexibility index (Phi) is 10.2. The largest absolute Gasteiger partial charge is 0.352 e. The number of nitrogens with one attached hydrogen (secondary N) is 1. The van der Waals surface area contributed by atoms with Crippen molar-refractivity contribution in [3.8, 4) is 0 Å². The molecule has 0 aromatic heterocycles. The molecule has 6 heteroatoms. The van der Waals surface area contributed by atoms with Crippen LogP contribution in [0.2, 0.25) is 10.0 Å². The number of hydrogen-bond acceptors (Lipinski definition) is 2. The fraction of sp³-hybridized carbons (Fsp3) is 0.310. The smallest absolute Gasteiger partial charge is 0.243 e. The van der Waals surface area contributed by atoms with Gasteiger partial charge in [-0.1, -0.05) is 96.9 Å². The van der Waals surface area contributed by atoms with Crippen LogP contribution in [0.1, 0.15) is 43.4 Å². The number of hydrogen-bond donors (Lipinski definition) is 1. The molecule has 0 aliphatic heterocycles. The molecule has 3 aromatic carbocycles. The summed E-state index contributed by atoms with van der Waals surface area (Å²) in [5.74, 6) is -0.263. The number of carbonyl (C=O) groups excluding carboxylic acids is 2. The van der Waals surface area contributed by atoms with E-state index < -0.39 is 6.04 Å². The first-order valence-electron chi connectivity index (χ1n) is 12.0. The Morgan fingerprint density at radius 2 is 1.54 bits per heavy atom. The van der Waals surface area contributed by atoms with Gasteiger partial charge in [0.05, 0.1) is 0 Å². The van der Waals surface area contributed by atoms with Crippen LogP contribution in [0.4, 0.5) is 0 Å². The number of rotatable bonds is 11. The third-order valence-electron chi connectivity index (χ3n) is 6.10. The van der Waals surface area contributed by atoms with E-state index in [2.05, 4.69) is 5.32 Å². The Morgan fingerprint density at radius 1 is 0.914 bits per heavy atom. The molecule has 0 aliphatic carbocycles. The van der Waals surface area contributed by atoms with E-state index in [-0.39, 0.29) is 30.8 Å². The van der Waals surface area contributed by atoms with Crippen molar-refractivity contribution in [2.75, 3.05) is 0 Å². The van der Waals surface area contributed by atoms with Gasteiger partial charge in [0.2, 0.25) is 11.8 Å². The molecular formula is C29H32Cl2N2O2. The van der Waals surface area contributed by atoms with Crippen molar-refractivity contribution in [3.63, 3.8) is 0 Å². The van der Waals surface area contributed by atoms with E-state index in [0.717, 1.165) is 23.1 Å². The van der Waals surface area contributed by atoms with Gasteiger partial charge in [-0.25, -0.2) is 0 Å². The van der Waals surface area contributed by atoms with Crippen LogP contribution in [0.15, 0.2) is 78.9 Å². The van der Waals surface area contributed by atoms with Gasteiger partial charge in [0.1, 0.15) is 6.04 Å². The molecule has 0 saturated heterocycles. The molecule has 3 rings (SSSR count). The summed E-state index contributed by atoms with van der Waals surface area (Å²) in [6.07, 6.45) is 2.09. The van der Waals surface area contributed by atoms with Gasteiger partial charge in [0.25, 0.3) is 0 Å². The zero-order valence-electron chi connectivity index (χ0n) is 20.2. The minimum absolute atomic E-state index is 0.00108. The molecule has 3 aromatic rings. The molecule has 0 bridgehead atoms. The molecule has 2 amide bonds. The van der Waals surface area contributed by atoms with Crippen LogP contribution in [-0.2, 0) is 29.0 Å². The Balaban J connectivity index is 1.94. The van der Waals surface area contributed by atoms with Crippen LogP contribution >= 0.6 is 23.2 Å². The van der Waals surface area contributed by atoms with Gasteiger partial charge in [0.15, 0.2) is 0 Å². The summed E-state index contributed by atoms with van der Waals surface area (Å²) in [6.45, 7) is 4.21. The van der Waals surface area contributed by atoms with Crippen LogP contribution < -0.4 is 5.32 Å². The van der Waals surface area contributed by atoms with E-state index in [4.69, 9.17) is 23.2 Å². The number of carbonyl (C=O) groups is 2. The fourth-order valence-corrected chi connectivity index (χ4v) is 4.34. The first-order chi connectivity index (χ1) is 16.9. The van der Waals surface area contributed by atoms with Crippen LogP contribution in [-0.4, -0.2) is 28.8 Å². The first kappa shape index (κ1) is 26.8. The summed E-state index contributed by atoms with van der Waals surface area (Å²) in [4.78, 5) is 28.8. The van der Waals surface area contributed by atoms with E-state index >= 15 is 0 Å². The van der Waals surface area contributed by atoms with Crippen LogP contribution in [0.3, 0.4) is 0 Å². The van der Waals surface area contributed by atoms with Crippen molar-refractivity contribution in [1.29, 1.82) is 0 Å². The van der Waals surface area contributed by atoms with Crippen molar-refractivity contribution in [2.24, 2.45) is 0 Å². The lowest BCUT2D eigenvalue weighted by molar-refractivity contribution is -0.141. The van der Waals surface area contributed by atoms with Crippen molar-refractivity contribution in [1.82, 2.24) is 10.2 Å².